The lowest BCUT2D eigenvalue weighted by Crippen LogP contribution is -2.01. The first-order valence-electron chi connectivity index (χ1n) is 5.82. The van der Waals surface area contributed by atoms with Crippen LogP contribution in [0.25, 0.3) is 11.3 Å². The van der Waals surface area contributed by atoms with Crippen molar-refractivity contribution < 1.29 is 14.6 Å². The second kappa shape index (κ2) is 5.40. The van der Waals surface area contributed by atoms with E-state index < -0.39 is 5.97 Å². The Morgan fingerprint density at radius 3 is 2.53 bits per heavy atom. The number of aliphatic carboxylic acids is 1. The molecule has 0 spiro atoms. The fourth-order valence-corrected chi connectivity index (χ4v) is 2.91. The molecule has 1 N–H and O–H groups in total. The summed E-state index contributed by atoms with van der Waals surface area (Å²) in [5.74, 6) is -0.0388. The smallest absolute Gasteiger partial charge is 0.308 e. The van der Waals surface area contributed by atoms with E-state index in [2.05, 4.69) is 4.98 Å². The highest BCUT2D eigenvalue weighted by Gasteiger charge is 2.16. The van der Waals surface area contributed by atoms with E-state index in [9.17, 15) is 4.79 Å². The number of carboxylic acid groups (broad SMARTS) is 1. The molecule has 0 amide bonds. The third-order valence-electron chi connectivity index (χ3n) is 2.93. The van der Waals surface area contributed by atoms with Gasteiger partial charge in [0.2, 0.25) is 0 Å². The SMILES string of the molecule is COc1cc(C)c(-c2ncsc2CC(=O)O)c(C)c1. The van der Waals surface area contributed by atoms with Crippen LogP contribution in [0.1, 0.15) is 16.0 Å². The van der Waals surface area contributed by atoms with Crippen molar-refractivity contribution in [1.29, 1.82) is 0 Å². The minimum Gasteiger partial charge on any atom is -0.497 e. The average molecular weight is 277 g/mol. The number of rotatable bonds is 4. The number of carboxylic acids is 1. The van der Waals surface area contributed by atoms with Gasteiger partial charge in [-0.3, -0.25) is 4.79 Å². The van der Waals surface area contributed by atoms with Gasteiger partial charge in [-0.25, -0.2) is 4.98 Å². The number of hydrogen-bond acceptors (Lipinski definition) is 4. The van der Waals surface area contributed by atoms with Gasteiger partial charge >= 0.3 is 5.97 Å². The van der Waals surface area contributed by atoms with Crippen molar-refractivity contribution in [1.82, 2.24) is 4.98 Å². The zero-order valence-electron chi connectivity index (χ0n) is 11.1. The van der Waals surface area contributed by atoms with Crippen molar-refractivity contribution in [3.63, 3.8) is 0 Å². The highest BCUT2D eigenvalue weighted by Crippen LogP contribution is 2.33. The minimum absolute atomic E-state index is 0.00487. The van der Waals surface area contributed by atoms with Gasteiger partial charge in [0.05, 0.1) is 24.7 Å². The highest BCUT2D eigenvalue weighted by molar-refractivity contribution is 7.10. The number of ether oxygens (including phenoxy) is 1. The molecular weight excluding hydrogens is 262 g/mol. The summed E-state index contributed by atoms with van der Waals surface area (Å²) in [6, 6.07) is 3.87. The maximum Gasteiger partial charge on any atom is 0.308 e. The minimum atomic E-state index is -0.839. The molecule has 0 aliphatic heterocycles. The van der Waals surface area contributed by atoms with Gasteiger partial charge in [0, 0.05) is 10.4 Å². The van der Waals surface area contributed by atoms with Crippen molar-refractivity contribution in [2.24, 2.45) is 0 Å². The van der Waals surface area contributed by atoms with E-state index in [0.717, 1.165) is 33.0 Å². The topological polar surface area (TPSA) is 59.4 Å². The number of hydrogen-bond donors (Lipinski definition) is 1. The van der Waals surface area contributed by atoms with Crippen molar-refractivity contribution in [2.45, 2.75) is 20.3 Å². The lowest BCUT2D eigenvalue weighted by Gasteiger charge is -2.11. The molecule has 1 aromatic carbocycles. The van der Waals surface area contributed by atoms with Gasteiger partial charge in [0.1, 0.15) is 5.75 Å². The molecule has 0 aliphatic rings. The first-order chi connectivity index (χ1) is 9.02. The summed E-state index contributed by atoms with van der Waals surface area (Å²) in [6.07, 6.45) is 0.00487. The second-order valence-corrected chi connectivity index (χ2v) is 5.27. The summed E-state index contributed by atoms with van der Waals surface area (Å²) < 4.78 is 5.23. The molecule has 19 heavy (non-hydrogen) atoms. The first kappa shape index (κ1) is 13.5. The van der Waals surface area contributed by atoms with Crippen molar-refractivity contribution in [3.05, 3.63) is 33.6 Å². The normalized spacial score (nSPS) is 10.5. The van der Waals surface area contributed by atoms with Gasteiger partial charge in [-0.2, -0.15) is 0 Å². The Morgan fingerprint density at radius 1 is 1.37 bits per heavy atom. The number of aryl methyl sites for hydroxylation is 2. The van der Waals surface area contributed by atoms with Crippen LogP contribution in [0.3, 0.4) is 0 Å². The predicted octanol–water partition coefficient (Wildman–Crippen LogP) is 3.06. The van der Waals surface area contributed by atoms with E-state index in [1.54, 1.807) is 12.6 Å². The summed E-state index contributed by atoms with van der Waals surface area (Å²) in [4.78, 5) is 16.0. The van der Waals surface area contributed by atoms with Crippen LogP contribution in [0.2, 0.25) is 0 Å². The summed E-state index contributed by atoms with van der Waals surface area (Å²) in [7, 11) is 1.63. The zero-order chi connectivity index (χ0) is 14.0. The molecule has 0 fully saturated rings. The summed E-state index contributed by atoms with van der Waals surface area (Å²) in [6.45, 7) is 3.96. The molecule has 0 bridgehead atoms. The Kier molecular flexibility index (Phi) is 3.85. The predicted molar refractivity (Wildman–Crippen MR) is 74.9 cm³/mol. The molecule has 4 nitrogen and oxygen atoms in total. The molecular formula is C14H15NO3S. The molecule has 0 radical (unpaired) electrons. The zero-order valence-corrected chi connectivity index (χ0v) is 11.9. The van der Waals surface area contributed by atoms with E-state index in [0.29, 0.717) is 0 Å². The Morgan fingerprint density at radius 2 is 2.00 bits per heavy atom. The van der Waals surface area contributed by atoms with Crippen LogP contribution in [-0.2, 0) is 11.2 Å². The van der Waals surface area contributed by atoms with Crippen LogP contribution in [0.15, 0.2) is 17.6 Å². The van der Waals surface area contributed by atoms with Crippen LogP contribution < -0.4 is 4.74 Å². The largest absolute Gasteiger partial charge is 0.497 e. The highest BCUT2D eigenvalue weighted by atomic mass is 32.1. The third kappa shape index (κ3) is 2.76. The van der Waals surface area contributed by atoms with Crippen LogP contribution in [0.4, 0.5) is 0 Å². The molecule has 5 heteroatoms. The quantitative estimate of drug-likeness (QED) is 0.933. The number of benzene rings is 1. The maximum atomic E-state index is 10.9. The summed E-state index contributed by atoms with van der Waals surface area (Å²) in [5.41, 5.74) is 5.53. The van der Waals surface area contributed by atoms with Crippen LogP contribution in [0.5, 0.6) is 5.75 Å². The molecule has 2 rings (SSSR count). The lowest BCUT2D eigenvalue weighted by molar-refractivity contribution is -0.136. The first-order valence-corrected chi connectivity index (χ1v) is 6.70. The standard InChI is InChI=1S/C14H15NO3S/c1-8-4-10(18-3)5-9(2)13(8)14-11(6-12(16)17)19-7-15-14/h4-5,7H,6H2,1-3H3,(H,16,17). The average Bonchev–Trinajstić information content (AvgIpc) is 2.75. The van der Waals surface area contributed by atoms with Gasteiger partial charge in [-0.15, -0.1) is 11.3 Å². The Labute approximate surface area is 115 Å². The Balaban J connectivity index is 2.53. The molecule has 0 unspecified atom stereocenters. The number of nitrogens with zero attached hydrogens (tertiary/aromatic N) is 1. The van der Waals surface area contributed by atoms with E-state index in [1.807, 2.05) is 26.0 Å². The fourth-order valence-electron chi connectivity index (χ4n) is 2.15. The van der Waals surface area contributed by atoms with Crippen LogP contribution >= 0.6 is 11.3 Å². The lowest BCUT2D eigenvalue weighted by atomic mass is 9.98. The summed E-state index contributed by atoms with van der Waals surface area (Å²) >= 11 is 1.38. The molecule has 2 aromatic rings. The van der Waals surface area contributed by atoms with Crippen molar-refractivity contribution in [3.8, 4) is 17.0 Å². The van der Waals surface area contributed by atoms with E-state index >= 15 is 0 Å². The van der Waals surface area contributed by atoms with Gasteiger partial charge in [0.15, 0.2) is 0 Å². The molecule has 0 saturated carbocycles. The van der Waals surface area contributed by atoms with Crippen molar-refractivity contribution in [2.75, 3.05) is 7.11 Å². The van der Waals surface area contributed by atoms with E-state index in [1.165, 1.54) is 11.3 Å². The van der Waals surface area contributed by atoms with Gasteiger partial charge in [-0.05, 0) is 37.1 Å². The van der Waals surface area contributed by atoms with Gasteiger partial charge in [-0.1, -0.05) is 0 Å². The van der Waals surface area contributed by atoms with E-state index in [4.69, 9.17) is 9.84 Å². The Hall–Kier alpha value is -1.88. The van der Waals surface area contributed by atoms with Crippen LogP contribution in [-0.4, -0.2) is 23.2 Å². The maximum absolute atomic E-state index is 10.9. The molecule has 0 atom stereocenters. The van der Waals surface area contributed by atoms with E-state index in [-0.39, 0.29) is 6.42 Å². The number of methoxy groups -OCH3 is 1. The Bertz CT molecular complexity index is 596. The van der Waals surface area contributed by atoms with Crippen molar-refractivity contribution >= 4 is 17.3 Å². The molecule has 1 aromatic heterocycles. The number of carbonyl (C=O) groups is 1. The summed E-state index contributed by atoms with van der Waals surface area (Å²) in [5, 5.41) is 8.94. The second-order valence-electron chi connectivity index (χ2n) is 4.33. The molecule has 0 saturated heterocycles. The monoisotopic (exact) mass is 277 g/mol. The van der Waals surface area contributed by atoms with Gasteiger partial charge in [0.25, 0.3) is 0 Å². The molecule has 100 valence electrons. The number of thiazole rings is 1. The fraction of sp³-hybridized carbons (Fsp3) is 0.286. The third-order valence-corrected chi connectivity index (χ3v) is 3.76. The molecule has 0 aliphatic carbocycles. The molecule has 1 heterocycles. The number of aromatic nitrogens is 1. The van der Waals surface area contributed by atoms with Crippen LogP contribution in [0, 0.1) is 13.8 Å². The van der Waals surface area contributed by atoms with Gasteiger partial charge < -0.3 is 9.84 Å².